The quantitative estimate of drug-likeness (QED) is 0.180. The summed E-state index contributed by atoms with van der Waals surface area (Å²) in [5.41, 5.74) is -3.88. The van der Waals surface area contributed by atoms with E-state index >= 15 is 0 Å². The lowest BCUT2D eigenvalue weighted by Gasteiger charge is -2.37. The molecule has 226 valence electrons. The van der Waals surface area contributed by atoms with Gasteiger partial charge < -0.3 is 10.1 Å². The average molecular weight is 676 g/mol. The van der Waals surface area contributed by atoms with Crippen molar-refractivity contribution in [2.24, 2.45) is 0 Å². The Morgan fingerprint density at radius 2 is 1.51 bits per heavy atom. The minimum atomic E-state index is -5.14. The Bertz CT molecular complexity index is 1610. The van der Waals surface area contributed by atoms with Crippen molar-refractivity contribution in [2.75, 3.05) is 0 Å². The molecule has 1 atom stereocenters. The van der Waals surface area contributed by atoms with Crippen molar-refractivity contribution in [1.82, 2.24) is 5.32 Å². The molecule has 0 aromatic heterocycles. The third kappa shape index (κ3) is 7.32. The summed E-state index contributed by atoms with van der Waals surface area (Å²) in [4.78, 5) is 13.6. The van der Waals surface area contributed by atoms with Crippen molar-refractivity contribution >= 4 is 21.8 Å². The monoisotopic (exact) mass is 675 g/mol. The molecule has 43 heavy (non-hydrogen) atoms. The van der Waals surface area contributed by atoms with Gasteiger partial charge in [0.05, 0.1) is 11.1 Å². The second-order valence-corrected chi connectivity index (χ2v) is 10.3. The van der Waals surface area contributed by atoms with Crippen molar-refractivity contribution in [3.63, 3.8) is 0 Å². The molecular formula is C30H19BrF9NO2. The van der Waals surface area contributed by atoms with Gasteiger partial charge in [-0.1, -0.05) is 58.4 Å². The van der Waals surface area contributed by atoms with Crippen LogP contribution in [0.15, 0.2) is 95.5 Å². The highest BCUT2D eigenvalue weighted by Crippen LogP contribution is 2.39. The average Bonchev–Trinajstić information content (AvgIpc) is 2.92. The lowest BCUT2D eigenvalue weighted by Crippen LogP contribution is -2.49. The van der Waals surface area contributed by atoms with E-state index in [4.69, 9.17) is 0 Å². The maximum Gasteiger partial charge on any atom is 0.461 e. The van der Waals surface area contributed by atoms with E-state index in [-0.39, 0.29) is 17.5 Å². The predicted octanol–water partition coefficient (Wildman–Crippen LogP) is 8.90. The molecule has 0 aliphatic rings. The highest BCUT2D eigenvalue weighted by molar-refractivity contribution is 9.10. The number of hydrogen-bond donors (Lipinski definition) is 1. The van der Waals surface area contributed by atoms with Gasteiger partial charge in [0.15, 0.2) is 0 Å². The predicted molar refractivity (Wildman–Crippen MR) is 142 cm³/mol. The van der Waals surface area contributed by atoms with Gasteiger partial charge in [0.1, 0.15) is 17.4 Å². The summed E-state index contributed by atoms with van der Waals surface area (Å²) < 4.78 is 127. The molecule has 0 spiro atoms. The number of benzene rings is 4. The van der Waals surface area contributed by atoms with Crippen LogP contribution in [0.5, 0.6) is 5.75 Å². The minimum Gasteiger partial charge on any atom is -0.428 e. The summed E-state index contributed by atoms with van der Waals surface area (Å²) in [5, 5.41) is 2.59. The van der Waals surface area contributed by atoms with E-state index < -0.39 is 58.7 Å². The standard InChI is InChI=1S/C30H19BrF9NO2/c31-21-8-4-7-19(12-21)28(16-17-5-2-1-3-6-17,20-13-22(32)15-23(14-20)43-30(39,40)27(34)35)41-26(42)18-9-10-25(33)24(11-18)29(36,37)38/h1-15,27H,16H2,(H,41,42)/t28-/m1/s1. The molecule has 0 heterocycles. The summed E-state index contributed by atoms with van der Waals surface area (Å²) in [5.74, 6) is -5.02. The van der Waals surface area contributed by atoms with E-state index in [9.17, 15) is 44.3 Å². The zero-order valence-electron chi connectivity index (χ0n) is 21.5. The molecule has 1 N–H and O–H groups in total. The molecule has 0 saturated heterocycles. The van der Waals surface area contributed by atoms with E-state index in [1.54, 1.807) is 36.4 Å². The molecule has 4 aromatic carbocycles. The van der Waals surface area contributed by atoms with Crippen molar-refractivity contribution in [3.8, 4) is 5.75 Å². The van der Waals surface area contributed by atoms with Crippen LogP contribution < -0.4 is 10.1 Å². The van der Waals surface area contributed by atoms with Crippen LogP contribution in [0.25, 0.3) is 0 Å². The van der Waals surface area contributed by atoms with Crippen molar-refractivity contribution < 1.29 is 49.0 Å². The van der Waals surface area contributed by atoms with Crippen LogP contribution in [0.1, 0.15) is 32.6 Å². The molecule has 1 amide bonds. The second kappa shape index (κ2) is 12.3. The van der Waals surface area contributed by atoms with Crippen LogP contribution >= 0.6 is 15.9 Å². The molecular weight excluding hydrogens is 657 g/mol. The van der Waals surface area contributed by atoms with Crippen LogP contribution in [0, 0.1) is 11.6 Å². The molecule has 3 nitrogen and oxygen atoms in total. The Morgan fingerprint density at radius 1 is 0.814 bits per heavy atom. The highest BCUT2D eigenvalue weighted by atomic mass is 79.9. The Kier molecular flexibility index (Phi) is 9.14. The molecule has 0 radical (unpaired) electrons. The molecule has 0 saturated carbocycles. The van der Waals surface area contributed by atoms with E-state index in [1.807, 2.05) is 0 Å². The van der Waals surface area contributed by atoms with Gasteiger partial charge in [0, 0.05) is 22.5 Å². The first-order chi connectivity index (χ1) is 20.1. The van der Waals surface area contributed by atoms with E-state index in [0.717, 1.165) is 18.2 Å². The topological polar surface area (TPSA) is 38.3 Å². The van der Waals surface area contributed by atoms with Gasteiger partial charge >= 0.3 is 18.7 Å². The molecule has 4 rings (SSSR count). The van der Waals surface area contributed by atoms with Crippen LogP contribution in [0.3, 0.4) is 0 Å². The largest absolute Gasteiger partial charge is 0.461 e. The maximum atomic E-state index is 15.0. The van der Waals surface area contributed by atoms with Gasteiger partial charge in [-0.3, -0.25) is 4.79 Å². The summed E-state index contributed by atoms with van der Waals surface area (Å²) in [7, 11) is 0. The number of carbonyl (C=O) groups excluding carboxylic acids is 1. The number of hydrogen-bond acceptors (Lipinski definition) is 2. The van der Waals surface area contributed by atoms with Gasteiger partial charge in [-0.25, -0.2) is 8.78 Å². The van der Waals surface area contributed by atoms with Crippen LogP contribution in [-0.4, -0.2) is 18.4 Å². The Balaban J connectivity index is 1.96. The molecule has 0 bridgehead atoms. The third-order valence-corrected chi connectivity index (χ3v) is 6.86. The number of nitrogens with one attached hydrogen (secondary N) is 1. The SMILES string of the molecule is O=C(N[C@](Cc1ccccc1)(c1cccc(Br)c1)c1cc(F)cc(OC(F)(F)C(F)F)c1)c1ccc(F)c(C(F)(F)F)c1. The second-order valence-electron chi connectivity index (χ2n) is 9.36. The van der Waals surface area contributed by atoms with E-state index in [0.29, 0.717) is 28.2 Å². The molecule has 0 aliphatic carbocycles. The number of carbonyl (C=O) groups is 1. The van der Waals surface area contributed by atoms with Crippen LogP contribution in [0.4, 0.5) is 39.5 Å². The summed E-state index contributed by atoms with van der Waals surface area (Å²) in [6, 6.07) is 17.8. The molecule has 0 fully saturated rings. The van der Waals surface area contributed by atoms with Crippen molar-refractivity contribution in [3.05, 3.63) is 135 Å². The maximum absolute atomic E-state index is 15.0. The normalized spacial score (nSPS) is 13.5. The number of halogens is 10. The fourth-order valence-corrected chi connectivity index (χ4v) is 4.83. The van der Waals surface area contributed by atoms with Crippen molar-refractivity contribution in [2.45, 2.75) is 30.7 Å². The Hall–Kier alpha value is -4.00. The van der Waals surface area contributed by atoms with Gasteiger partial charge in [-0.05, 0) is 59.2 Å². The fourth-order valence-electron chi connectivity index (χ4n) is 4.43. The first kappa shape index (κ1) is 31.9. The molecule has 13 heteroatoms. The molecule has 0 unspecified atom stereocenters. The Labute approximate surface area is 247 Å². The Morgan fingerprint density at radius 3 is 2.14 bits per heavy atom. The lowest BCUT2D eigenvalue weighted by molar-refractivity contribution is -0.253. The van der Waals surface area contributed by atoms with Gasteiger partial charge in [-0.15, -0.1) is 0 Å². The lowest BCUT2D eigenvalue weighted by atomic mass is 9.77. The van der Waals surface area contributed by atoms with Gasteiger partial charge in [0.25, 0.3) is 5.91 Å². The summed E-state index contributed by atoms with van der Waals surface area (Å²) in [6.07, 6.45) is -14.7. The zero-order chi connectivity index (χ0) is 31.6. The molecule has 0 aliphatic heterocycles. The fraction of sp³-hybridized carbons (Fsp3) is 0.167. The third-order valence-electron chi connectivity index (χ3n) is 6.36. The number of rotatable bonds is 9. The van der Waals surface area contributed by atoms with E-state index in [1.165, 1.54) is 18.2 Å². The summed E-state index contributed by atoms with van der Waals surface area (Å²) >= 11 is 3.29. The first-order valence-corrected chi connectivity index (χ1v) is 13.1. The smallest absolute Gasteiger partial charge is 0.428 e. The molecule has 4 aromatic rings. The van der Waals surface area contributed by atoms with Gasteiger partial charge in [0.2, 0.25) is 0 Å². The summed E-state index contributed by atoms with van der Waals surface area (Å²) in [6.45, 7) is 0. The first-order valence-electron chi connectivity index (χ1n) is 12.3. The van der Waals surface area contributed by atoms with Crippen LogP contribution in [-0.2, 0) is 18.1 Å². The number of ether oxygens (including phenoxy) is 1. The van der Waals surface area contributed by atoms with Crippen molar-refractivity contribution in [1.29, 1.82) is 0 Å². The number of amides is 1. The highest BCUT2D eigenvalue weighted by Gasteiger charge is 2.45. The number of alkyl halides is 7. The zero-order valence-corrected chi connectivity index (χ0v) is 23.1. The van der Waals surface area contributed by atoms with E-state index in [2.05, 4.69) is 26.0 Å². The van der Waals surface area contributed by atoms with Gasteiger partial charge in [-0.2, -0.15) is 30.7 Å². The minimum absolute atomic E-state index is 0.189. The van der Waals surface area contributed by atoms with Crippen LogP contribution in [0.2, 0.25) is 0 Å².